The predicted molar refractivity (Wildman–Crippen MR) is 69.7 cm³/mol. The first-order chi connectivity index (χ1) is 8.26. The molecular weight excluding hydrogens is 256 g/mol. The minimum atomic E-state index is 0.597. The Labute approximate surface area is 108 Å². The van der Waals surface area contributed by atoms with Gasteiger partial charge in [0.15, 0.2) is 10.8 Å². The molecule has 2 aromatic rings. The number of thiazole rings is 1. The Morgan fingerprint density at radius 1 is 1.41 bits per heavy atom. The third-order valence-corrected chi connectivity index (χ3v) is 3.78. The topological polar surface area (TPSA) is 50.7 Å². The molecule has 0 unspecified atom stereocenters. The minimum absolute atomic E-state index is 0.597. The average molecular weight is 267 g/mol. The number of anilines is 1. The first kappa shape index (κ1) is 10.9. The smallest absolute Gasteiger partial charge is 0.190 e. The molecular formula is C11H11ClN4S. The highest BCUT2D eigenvalue weighted by Gasteiger charge is 2.26. The van der Waals surface area contributed by atoms with Gasteiger partial charge in [-0.1, -0.05) is 22.9 Å². The lowest BCUT2D eigenvalue weighted by atomic mass is 10.2. The Balaban J connectivity index is 2.05. The molecule has 1 fully saturated rings. The van der Waals surface area contributed by atoms with Gasteiger partial charge in [0.1, 0.15) is 10.2 Å². The SMILES string of the molecule is CNc1cc(C2CC2)nc(-c2ncc(Cl)s2)n1. The summed E-state index contributed by atoms with van der Waals surface area (Å²) in [6.07, 6.45) is 4.07. The van der Waals surface area contributed by atoms with Crippen molar-refractivity contribution in [3.8, 4) is 10.8 Å². The van der Waals surface area contributed by atoms with Crippen LogP contribution in [0.5, 0.6) is 0 Å². The fraction of sp³-hybridized carbons (Fsp3) is 0.364. The van der Waals surface area contributed by atoms with Gasteiger partial charge < -0.3 is 5.32 Å². The number of rotatable bonds is 3. The molecule has 88 valence electrons. The molecule has 0 radical (unpaired) electrons. The summed E-state index contributed by atoms with van der Waals surface area (Å²) < 4.78 is 0.659. The summed E-state index contributed by atoms with van der Waals surface area (Å²) in [7, 11) is 1.86. The molecule has 0 spiro atoms. The van der Waals surface area contributed by atoms with Gasteiger partial charge in [0.2, 0.25) is 0 Å². The Morgan fingerprint density at radius 3 is 2.82 bits per heavy atom. The molecule has 1 aliphatic carbocycles. The zero-order chi connectivity index (χ0) is 11.8. The molecule has 0 aromatic carbocycles. The van der Waals surface area contributed by atoms with Crippen LogP contribution in [0.2, 0.25) is 4.34 Å². The molecule has 1 saturated carbocycles. The van der Waals surface area contributed by atoms with Crippen molar-refractivity contribution in [1.82, 2.24) is 15.0 Å². The highest BCUT2D eigenvalue weighted by molar-refractivity contribution is 7.18. The van der Waals surface area contributed by atoms with E-state index in [1.165, 1.54) is 24.2 Å². The largest absolute Gasteiger partial charge is 0.373 e. The van der Waals surface area contributed by atoms with Crippen LogP contribution in [0.4, 0.5) is 5.82 Å². The Bertz CT molecular complexity index is 550. The third kappa shape index (κ3) is 2.25. The van der Waals surface area contributed by atoms with Gasteiger partial charge in [0, 0.05) is 24.7 Å². The van der Waals surface area contributed by atoms with Crippen LogP contribution >= 0.6 is 22.9 Å². The van der Waals surface area contributed by atoms with Gasteiger partial charge in [0.25, 0.3) is 0 Å². The molecule has 6 heteroatoms. The van der Waals surface area contributed by atoms with Crippen LogP contribution in [0, 0.1) is 0 Å². The maximum absolute atomic E-state index is 5.88. The second-order valence-corrected chi connectivity index (χ2v) is 5.66. The van der Waals surface area contributed by atoms with E-state index in [9.17, 15) is 0 Å². The average Bonchev–Trinajstić information content (AvgIpc) is 3.11. The molecule has 2 aromatic heterocycles. The second kappa shape index (κ2) is 4.23. The Kier molecular flexibility index (Phi) is 2.72. The van der Waals surface area contributed by atoms with Crippen LogP contribution in [0.3, 0.4) is 0 Å². The van der Waals surface area contributed by atoms with E-state index >= 15 is 0 Å². The van der Waals surface area contributed by atoms with E-state index in [0.29, 0.717) is 16.1 Å². The summed E-state index contributed by atoms with van der Waals surface area (Å²) in [4.78, 5) is 13.2. The first-order valence-electron chi connectivity index (χ1n) is 5.44. The van der Waals surface area contributed by atoms with E-state index in [4.69, 9.17) is 11.6 Å². The van der Waals surface area contributed by atoms with Gasteiger partial charge in [-0.05, 0) is 12.8 Å². The van der Waals surface area contributed by atoms with Crippen molar-refractivity contribution in [2.75, 3.05) is 12.4 Å². The fourth-order valence-electron chi connectivity index (χ4n) is 1.64. The van der Waals surface area contributed by atoms with Crippen LogP contribution in [0.15, 0.2) is 12.3 Å². The molecule has 3 rings (SSSR count). The summed E-state index contributed by atoms with van der Waals surface area (Å²) >= 11 is 7.29. The van der Waals surface area contributed by atoms with Crippen LogP contribution < -0.4 is 5.32 Å². The van der Waals surface area contributed by atoms with Gasteiger partial charge in [-0.3, -0.25) is 0 Å². The zero-order valence-electron chi connectivity index (χ0n) is 9.27. The lowest BCUT2D eigenvalue weighted by Gasteiger charge is -2.05. The van der Waals surface area contributed by atoms with E-state index in [1.807, 2.05) is 13.1 Å². The van der Waals surface area contributed by atoms with Gasteiger partial charge in [0.05, 0.1) is 6.20 Å². The van der Waals surface area contributed by atoms with Crippen molar-refractivity contribution in [3.63, 3.8) is 0 Å². The first-order valence-corrected chi connectivity index (χ1v) is 6.64. The highest BCUT2D eigenvalue weighted by Crippen LogP contribution is 2.40. The maximum atomic E-state index is 5.88. The van der Waals surface area contributed by atoms with Gasteiger partial charge in [-0.15, -0.1) is 0 Å². The molecule has 0 saturated heterocycles. The predicted octanol–water partition coefficient (Wildman–Crippen LogP) is 3.17. The molecule has 0 aliphatic heterocycles. The van der Waals surface area contributed by atoms with Crippen LogP contribution in [0.1, 0.15) is 24.5 Å². The lowest BCUT2D eigenvalue weighted by Crippen LogP contribution is -1.99. The van der Waals surface area contributed by atoms with Crippen LogP contribution in [0.25, 0.3) is 10.8 Å². The fourth-order valence-corrected chi connectivity index (χ4v) is 2.48. The number of halogens is 1. The van der Waals surface area contributed by atoms with E-state index in [2.05, 4.69) is 20.3 Å². The summed E-state index contributed by atoms with van der Waals surface area (Å²) in [5.74, 6) is 2.10. The monoisotopic (exact) mass is 266 g/mol. The molecule has 17 heavy (non-hydrogen) atoms. The number of hydrogen-bond acceptors (Lipinski definition) is 5. The summed E-state index contributed by atoms with van der Waals surface area (Å²) in [6.45, 7) is 0. The number of aromatic nitrogens is 3. The van der Waals surface area contributed by atoms with Crippen molar-refractivity contribution in [2.45, 2.75) is 18.8 Å². The number of hydrogen-bond donors (Lipinski definition) is 1. The molecule has 1 N–H and O–H groups in total. The quantitative estimate of drug-likeness (QED) is 0.927. The normalized spacial score (nSPS) is 14.9. The van der Waals surface area contributed by atoms with E-state index in [0.717, 1.165) is 16.5 Å². The molecule has 1 aliphatic rings. The molecule has 0 atom stereocenters. The maximum Gasteiger partial charge on any atom is 0.190 e. The highest BCUT2D eigenvalue weighted by atomic mass is 35.5. The molecule has 2 heterocycles. The van der Waals surface area contributed by atoms with Gasteiger partial charge in [-0.2, -0.15) is 0 Å². The zero-order valence-corrected chi connectivity index (χ0v) is 10.8. The van der Waals surface area contributed by atoms with Crippen LogP contribution in [-0.4, -0.2) is 22.0 Å². The third-order valence-electron chi connectivity index (χ3n) is 2.67. The summed E-state index contributed by atoms with van der Waals surface area (Å²) in [5.41, 5.74) is 1.10. The van der Waals surface area contributed by atoms with Crippen molar-refractivity contribution < 1.29 is 0 Å². The van der Waals surface area contributed by atoms with Crippen molar-refractivity contribution in [1.29, 1.82) is 0 Å². The van der Waals surface area contributed by atoms with Crippen molar-refractivity contribution in [3.05, 3.63) is 22.3 Å². The second-order valence-electron chi connectivity index (χ2n) is 4.00. The summed E-state index contributed by atoms with van der Waals surface area (Å²) in [6, 6.07) is 2.01. The van der Waals surface area contributed by atoms with E-state index in [-0.39, 0.29) is 0 Å². The van der Waals surface area contributed by atoms with E-state index in [1.54, 1.807) is 6.20 Å². The summed E-state index contributed by atoms with van der Waals surface area (Å²) in [5, 5.41) is 3.83. The van der Waals surface area contributed by atoms with Gasteiger partial charge >= 0.3 is 0 Å². The number of nitrogens with zero attached hydrogens (tertiary/aromatic N) is 3. The van der Waals surface area contributed by atoms with Crippen molar-refractivity contribution in [2.24, 2.45) is 0 Å². The standard InChI is InChI=1S/C11H11ClN4S/c1-13-9-4-7(6-2-3-6)15-10(16-9)11-14-5-8(12)17-11/h4-6H,2-3H2,1H3,(H,13,15,16). The van der Waals surface area contributed by atoms with E-state index < -0.39 is 0 Å². The molecule has 4 nitrogen and oxygen atoms in total. The minimum Gasteiger partial charge on any atom is -0.373 e. The molecule has 0 amide bonds. The van der Waals surface area contributed by atoms with Gasteiger partial charge in [-0.25, -0.2) is 15.0 Å². The Morgan fingerprint density at radius 2 is 2.24 bits per heavy atom. The Hall–Kier alpha value is -1.20. The van der Waals surface area contributed by atoms with Crippen LogP contribution in [-0.2, 0) is 0 Å². The lowest BCUT2D eigenvalue weighted by molar-refractivity contribution is 0.992. The number of nitrogens with one attached hydrogen (secondary N) is 1. The van der Waals surface area contributed by atoms with Crippen molar-refractivity contribution >= 4 is 28.8 Å². The molecule has 0 bridgehead atoms.